The summed E-state index contributed by atoms with van der Waals surface area (Å²) in [6.07, 6.45) is 1.58. The van der Waals surface area contributed by atoms with Crippen LogP contribution in [0, 0.1) is 0 Å². The van der Waals surface area contributed by atoms with Crippen molar-refractivity contribution >= 4 is 27.7 Å². The van der Waals surface area contributed by atoms with Crippen molar-refractivity contribution in [1.82, 2.24) is 9.62 Å². The quantitative estimate of drug-likeness (QED) is 0.687. The summed E-state index contributed by atoms with van der Waals surface area (Å²) in [4.78, 5) is 13.3. The molecule has 0 aliphatic carbocycles. The highest BCUT2D eigenvalue weighted by molar-refractivity contribution is 7.98. The Hall–Kier alpha value is -2.23. The predicted molar refractivity (Wildman–Crippen MR) is 107 cm³/mol. The first-order chi connectivity index (χ1) is 13.4. The van der Waals surface area contributed by atoms with Crippen molar-refractivity contribution in [3.8, 4) is 11.5 Å². The lowest BCUT2D eigenvalue weighted by molar-refractivity contribution is -0.121. The molecule has 0 unspecified atom stereocenters. The minimum atomic E-state index is -3.73. The van der Waals surface area contributed by atoms with E-state index in [0.717, 1.165) is 9.20 Å². The number of carbonyl (C=O) groups excluding carboxylic acids is 1. The van der Waals surface area contributed by atoms with Crippen LogP contribution in [0.25, 0.3) is 0 Å². The van der Waals surface area contributed by atoms with Gasteiger partial charge >= 0.3 is 0 Å². The molecule has 0 saturated carbocycles. The summed E-state index contributed by atoms with van der Waals surface area (Å²) >= 11 is 1.53. The molecule has 28 heavy (non-hydrogen) atoms. The standard InChI is InChI=1S/C19H22N2O5S2/c1-21(28(23,24)16-9-7-15(27-2)8-10-16)12-19(22)20-11-14-13-25-17-5-3-4-6-18(17)26-14/h3-10,14H,11-13H2,1-2H3,(H,20,22)/t14-/m1/s1. The average Bonchev–Trinajstić information content (AvgIpc) is 2.72. The Morgan fingerprint density at radius 1 is 1.18 bits per heavy atom. The second kappa shape index (κ2) is 8.85. The summed E-state index contributed by atoms with van der Waals surface area (Å²) in [7, 11) is -2.35. The molecular formula is C19H22N2O5S2. The fourth-order valence-corrected chi connectivity index (χ4v) is 4.20. The van der Waals surface area contributed by atoms with Gasteiger partial charge in [-0.25, -0.2) is 8.42 Å². The number of nitrogens with zero attached hydrogens (tertiary/aromatic N) is 1. The van der Waals surface area contributed by atoms with Crippen LogP contribution < -0.4 is 14.8 Å². The van der Waals surface area contributed by atoms with Gasteiger partial charge in [0.15, 0.2) is 11.5 Å². The molecule has 0 bridgehead atoms. The highest BCUT2D eigenvalue weighted by Crippen LogP contribution is 2.30. The second-order valence-corrected chi connectivity index (χ2v) is 9.16. The van der Waals surface area contributed by atoms with Gasteiger partial charge in [-0.3, -0.25) is 4.79 Å². The summed E-state index contributed by atoms with van der Waals surface area (Å²) in [6.45, 7) is 0.257. The molecule has 9 heteroatoms. The van der Waals surface area contributed by atoms with Gasteiger partial charge in [0.1, 0.15) is 12.7 Å². The number of carbonyl (C=O) groups is 1. The van der Waals surface area contributed by atoms with Gasteiger partial charge in [0.2, 0.25) is 15.9 Å². The van der Waals surface area contributed by atoms with Crippen LogP contribution in [-0.2, 0) is 14.8 Å². The molecule has 1 heterocycles. The maximum atomic E-state index is 12.6. The first-order valence-electron chi connectivity index (χ1n) is 8.65. The SMILES string of the molecule is CSc1ccc(S(=O)(=O)N(C)CC(=O)NC[C@@H]2COc3ccccc3O2)cc1. The van der Waals surface area contributed by atoms with Gasteiger partial charge in [0, 0.05) is 11.9 Å². The van der Waals surface area contributed by atoms with E-state index in [1.54, 1.807) is 30.3 Å². The van der Waals surface area contributed by atoms with Crippen molar-refractivity contribution in [3.05, 3.63) is 48.5 Å². The number of para-hydroxylation sites is 2. The normalized spacial score (nSPS) is 16.0. The van der Waals surface area contributed by atoms with Crippen molar-refractivity contribution in [2.75, 3.05) is 33.0 Å². The molecule has 0 saturated heterocycles. The Morgan fingerprint density at radius 3 is 2.54 bits per heavy atom. The number of rotatable bonds is 7. The van der Waals surface area contributed by atoms with Crippen molar-refractivity contribution in [2.24, 2.45) is 0 Å². The number of benzene rings is 2. The molecule has 3 rings (SSSR count). The van der Waals surface area contributed by atoms with E-state index in [9.17, 15) is 13.2 Å². The third-order valence-corrected chi connectivity index (χ3v) is 6.79. The summed E-state index contributed by atoms with van der Waals surface area (Å²) in [5.74, 6) is 0.888. The van der Waals surface area contributed by atoms with E-state index in [1.807, 2.05) is 24.5 Å². The van der Waals surface area contributed by atoms with Crippen LogP contribution in [0.1, 0.15) is 0 Å². The maximum Gasteiger partial charge on any atom is 0.243 e. The van der Waals surface area contributed by atoms with Crippen molar-refractivity contribution < 1.29 is 22.7 Å². The van der Waals surface area contributed by atoms with E-state index >= 15 is 0 Å². The van der Waals surface area contributed by atoms with Gasteiger partial charge in [-0.2, -0.15) is 4.31 Å². The maximum absolute atomic E-state index is 12.6. The lowest BCUT2D eigenvalue weighted by Gasteiger charge is -2.26. The number of fused-ring (bicyclic) bond motifs is 1. The smallest absolute Gasteiger partial charge is 0.243 e. The van der Waals surface area contributed by atoms with Gasteiger partial charge in [-0.05, 0) is 42.7 Å². The highest BCUT2D eigenvalue weighted by atomic mass is 32.2. The third-order valence-electron chi connectivity index (χ3n) is 4.23. The number of hydrogen-bond donors (Lipinski definition) is 1. The van der Waals surface area contributed by atoms with Gasteiger partial charge in [0.05, 0.1) is 18.0 Å². The first kappa shape index (κ1) is 20.5. The summed E-state index contributed by atoms with van der Waals surface area (Å²) in [5, 5.41) is 2.70. The zero-order chi connectivity index (χ0) is 20.1. The number of sulfonamides is 1. The van der Waals surface area contributed by atoms with Crippen molar-refractivity contribution in [1.29, 1.82) is 0 Å². The number of thioether (sulfide) groups is 1. The molecule has 0 spiro atoms. The molecule has 150 valence electrons. The highest BCUT2D eigenvalue weighted by Gasteiger charge is 2.25. The van der Waals surface area contributed by atoms with Crippen LogP contribution in [-0.4, -0.2) is 57.7 Å². The topological polar surface area (TPSA) is 84.9 Å². The van der Waals surface area contributed by atoms with Crippen LogP contribution in [0.3, 0.4) is 0 Å². The zero-order valence-electron chi connectivity index (χ0n) is 15.6. The summed E-state index contributed by atoms with van der Waals surface area (Å²) < 4.78 is 37.6. The van der Waals surface area contributed by atoms with Crippen LogP contribution in [0.2, 0.25) is 0 Å². The number of hydrogen-bond acceptors (Lipinski definition) is 6. The number of nitrogens with one attached hydrogen (secondary N) is 1. The fourth-order valence-electron chi connectivity index (χ4n) is 2.66. The molecule has 0 fully saturated rings. The molecule has 7 nitrogen and oxygen atoms in total. The van der Waals surface area contributed by atoms with Crippen LogP contribution in [0.4, 0.5) is 0 Å². The number of amides is 1. The molecule has 2 aromatic rings. The van der Waals surface area contributed by atoms with E-state index in [-0.39, 0.29) is 24.1 Å². The van der Waals surface area contributed by atoms with Gasteiger partial charge in [0.25, 0.3) is 0 Å². The van der Waals surface area contributed by atoms with Crippen LogP contribution in [0.15, 0.2) is 58.3 Å². The van der Waals surface area contributed by atoms with E-state index < -0.39 is 15.9 Å². The van der Waals surface area contributed by atoms with E-state index in [4.69, 9.17) is 9.47 Å². The molecule has 0 radical (unpaired) electrons. The Labute approximate surface area is 169 Å². The number of likely N-dealkylation sites (N-methyl/N-ethyl adjacent to an activating group) is 1. The lowest BCUT2D eigenvalue weighted by Crippen LogP contribution is -2.44. The Balaban J connectivity index is 1.52. The molecule has 2 aromatic carbocycles. The second-order valence-electron chi connectivity index (χ2n) is 6.24. The third kappa shape index (κ3) is 4.78. The van der Waals surface area contributed by atoms with Gasteiger partial charge in [-0.15, -0.1) is 11.8 Å². The summed E-state index contributed by atoms with van der Waals surface area (Å²) in [6, 6.07) is 13.9. The Morgan fingerprint density at radius 2 is 1.86 bits per heavy atom. The van der Waals surface area contributed by atoms with Crippen LogP contribution in [0.5, 0.6) is 11.5 Å². The minimum Gasteiger partial charge on any atom is -0.486 e. The molecule has 1 amide bonds. The monoisotopic (exact) mass is 422 g/mol. The largest absolute Gasteiger partial charge is 0.486 e. The Kier molecular flexibility index (Phi) is 6.48. The van der Waals surface area contributed by atoms with E-state index in [0.29, 0.717) is 18.1 Å². The molecule has 0 aromatic heterocycles. The van der Waals surface area contributed by atoms with Crippen molar-refractivity contribution in [3.63, 3.8) is 0 Å². The summed E-state index contributed by atoms with van der Waals surface area (Å²) in [5.41, 5.74) is 0. The number of ether oxygens (including phenoxy) is 2. The van der Waals surface area contributed by atoms with E-state index in [2.05, 4.69) is 5.32 Å². The minimum absolute atomic E-state index is 0.154. The molecule has 1 N–H and O–H groups in total. The fraction of sp³-hybridized carbons (Fsp3) is 0.316. The molecule has 1 atom stereocenters. The van der Waals surface area contributed by atoms with Crippen molar-refractivity contribution in [2.45, 2.75) is 15.9 Å². The zero-order valence-corrected chi connectivity index (χ0v) is 17.3. The van der Waals surface area contributed by atoms with Crippen LogP contribution >= 0.6 is 11.8 Å². The van der Waals surface area contributed by atoms with Gasteiger partial charge < -0.3 is 14.8 Å². The molecule has 1 aliphatic rings. The Bertz CT molecular complexity index is 932. The average molecular weight is 423 g/mol. The van der Waals surface area contributed by atoms with Gasteiger partial charge in [-0.1, -0.05) is 12.1 Å². The first-order valence-corrected chi connectivity index (χ1v) is 11.3. The molecule has 1 aliphatic heterocycles. The molecular weight excluding hydrogens is 400 g/mol. The lowest BCUT2D eigenvalue weighted by atomic mass is 10.2. The van der Waals surface area contributed by atoms with E-state index in [1.165, 1.54) is 18.8 Å². The predicted octanol–water partition coefficient (Wildman–Crippen LogP) is 1.99.